The second-order valence-corrected chi connectivity index (χ2v) is 13.9. The van der Waals surface area contributed by atoms with Crippen LogP contribution in [0.4, 0.5) is 0 Å². The molecule has 4 aromatic carbocycles. The second kappa shape index (κ2) is 17.3. The molecular weight excluding hydrogens is 689 g/mol. The molecule has 0 bridgehead atoms. The topological polar surface area (TPSA) is 94.7 Å². The molecule has 8 rings (SSSR count). The molecule has 10 heteroatoms. The molecule has 10 nitrogen and oxygen atoms in total. The summed E-state index contributed by atoms with van der Waals surface area (Å²) in [5.74, 6) is 1.79. The van der Waals surface area contributed by atoms with Gasteiger partial charge in [-0.1, -0.05) is 79.2 Å². The van der Waals surface area contributed by atoms with Crippen molar-refractivity contribution in [2.24, 2.45) is 0 Å². The van der Waals surface area contributed by atoms with Crippen molar-refractivity contribution in [2.75, 3.05) is 13.1 Å². The minimum Gasteiger partial charge on any atom is -0.487 e. The summed E-state index contributed by atoms with van der Waals surface area (Å²) >= 11 is 0. The molecule has 2 aromatic heterocycles. The lowest BCUT2D eigenvalue weighted by Crippen LogP contribution is -2.41. The van der Waals surface area contributed by atoms with E-state index in [0.717, 1.165) is 56.5 Å². The highest BCUT2D eigenvalue weighted by Crippen LogP contribution is 2.28. The van der Waals surface area contributed by atoms with Gasteiger partial charge in [-0.2, -0.15) is 10.2 Å². The lowest BCUT2D eigenvalue weighted by Gasteiger charge is -2.34. The molecule has 2 aliphatic heterocycles. The molecule has 0 saturated heterocycles. The predicted octanol–water partition coefficient (Wildman–Crippen LogP) is 8.61. The Labute approximate surface area is 323 Å². The number of aromatic nitrogens is 4. The van der Waals surface area contributed by atoms with Crippen LogP contribution in [0.25, 0.3) is 0 Å². The summed E-state index contributed by atoms with van der Waals surface area (Å²) in [6.45, 7) is 11.8. The van der Waals surface area contributed by atoms with Crippen LogP contribution >= 0.6 is 0 Å². The Kier molecular flexibility index (Phi) is 12.1. The Bertz CT molecular complexity index is 2180. The summed E-state index contributed by atoms with van der Waals surface area (Å²) in [5.41, 5.74) is 7.62. The van der Waals surface area contributed by atoms with Crippen LogP contribution in [0.3, 0.4) is 0 Å². The number of rotatable bonds is 8. The minimum atomic E-state index is -0.147. The van der Waals surface area contributed by atoms with E-state index in [0.29, 0.717) is 39.3 Å². The fourth-order valence-electron chi connectivity index (χ4n) is 6.74. The summed E-state index contributed by atoms with van der Waals surface area (Å²) < 4.78 is 15.8. The number of carbonyl (C=O) groups excluding carboxylic acids is 2. The minimum absolute atomic E-state index is 0. The molecule has 55 heavy (non-hydrogen) atoms. The van der Waals surface area contributed by atoms with Gasteiger partial charge in [-0.25, -0.2) is 0 Å². The number of hydrogen-bond acceptors (Lipinski definition) is 6. The van der Waals surface area contributed by atoms with E-state index in [9.17, 15) is 9.59 Å². The van der Waals surface area contributed by atoms with Crippen molar-refractivity contribution in [1.82, 2.24) is 29.4 Å². The zero-order valence-electron chi connectivity index (χ0n) is 31.3. The molecule has 0 radical (unpaired) electrons. The third-order valence-corrected chi connectivity index (χ3v) is 9.87. The zero-order chi connectivity index (χ0) is 37.6. The fraction of sp³-hybridized carbons (Fsp3) is 0.289. The van der Waals surface area contributed by atoms with Crippen molar-refractivity contribution >= 4 is 11.8 Å². The van der Waals surface area contributed by atoms with Crippen molar-refractivity contribution < 1.29 is 19.1 Å². The van der Waals surface area contributed by atoms with Gasteiger partial charge >= 0.3 is 0 Å². The molecule has 2 aliphatic rings. The molecule has 4 heterocycles. The quantitative estimate of drug-likeness (QED) is 0.155. The molecule has 6 aromatic rings. The van der Waals surface area contributed by atoms with E-state index in [2.05, 4.69) is 17.1 Å². The Hall–Kier alpha value is -6.16. The zero-order valence-corrected chi connectivity index (χ0v) is 31.3. The van der Waals surface area contributed by atoms with Crippen LogP contribution in [0.5, 0.6) is 11.5 Å². The Morgan fingerprint density at radius 3 is 1.93 bits per heavy atom. The maximum atomic E-state index is 12.9. The number of aryl methyl sites for hydroxylation is 2. The van der Waals surface area contributed by atoms with Crippen molar-refractivity contribution in [2.45, 2.75) is 73.5 Å². The molecule has 2 unspecified atom stereocenters. The van der Waals surface area contributed by atoms with Crippen LogP contribution < -0.4 is 9.47 Å². The van der Waals surface area contributed by atoms with Crippen molar-refractivity contribution in [1.29, 1.82) is 0 Å². The van der Waals surface area contributed by atoms with Crippen molar-refractivity contribution in [3.05, 3.63) is 166 Å². The number of nitrogens with zero attached hydrogens (tertiary/aromatic N) is 6. The first-order chi connectivity index (χ1) is 26.2. The van der Waals surface area contributed by atoms with E-state index in [4.69, 9.17) is 9.47 Å². The summed E-state index contributed by atoms with van der Waals surface area (Å²) in [6, 6.07) is 39.0. The maximum absolute atomic E-state index is 12.9. The number of amides is 2. The summed E-state index contributed by atoms with van der Waals surface area (Å²) in [5, 5.41) is 9.33. The van der Waals surface area contributed by atoms with Gasteiger partial charge in [0, 0.05) is 24.2 Å². The second-order valence-electron chi connectivity index (χ2n) is 13.9. The van der Waals surface area contributed by atoms with Gasteiger partial charge in [0.2, 0.25) is 0 Å². The van der Waals surface area contributed by atoms with E-state index in [1.807, 2.05) is 161 Å². The van der Waals surface area contributed by atoms with Crippen LogP contribution in [-0.2, 0) is 26.2 Å². The molecule has 2 amide bonds. The average Bonchev–Trinajstić information content (AvgIpc) is 3.83. The number of ether oxygens (including phenoxy) is 2. The smallest absolute Gasteiger partial charge is 0.254 e. The van der Waals surface area contributed by atoms with Crippen LogP contribution in [0, 0.1) is 13.8 Å². The SMILES string of the molecule is C.Cc1ccc(C(=O)N2CCn3nc(C(C)Oc4ccccc4)cc3C2)cc1.Cc1ccc(C(=O)N2CCn3nc(COc4ccccc4)cc3C2C)cc1. The van der Waals surface area contributed by atoms with Crippen molar-refractivity contribution in [3.63, 3.8) is 0 Å². The molecule has 284 valence electrons. The van der Waals surface area contributed by atoms with Gasteiger partial charge in [-0.05, 0) is 88.4 Å². The number of benzene rings is 4. The first kappa shape index (κ1) is 38.6. The number of carbonyl (C=O) groups is 2. The third-order valence-electron chi connectivity index (χ3n) is 9.87. The summed E-state index contributed by atoms with van der Waals surface area (Å²) in [7, 11) is 0. The fourth-order valence-corrected chi connectivity index (χ4v) is 6.74. The number of para-hydroxylation sites is 2. The summed E-state index contributed by atoms with van der Waals surface area (Å²) in [6.07, 6.45) is -0.147. The van der Waals surface area contributed by atoms with Crippen LogP contribution in [0.1, 0.15) is 88.0 Å². The molecule has 0 aliphatic carbocycles. The van der Waals surface area contributed by atoms with E-state index >= 15 is 0 Å². The normalized spacial score (nSPS) is 15.0. The number of hydrogen-bond donors (Lipinski definition) is 0. The Balaban J connectivity index is 0.000000184. The van der Waals surface area contributed by atoms with Gasteiger partial charge in [0.1, 0.15) is 35.6 Å². The Morgan fingerprint density at radius 1 is 0.709 bits per heavy atom. The van der Waals surface area contributed by atoms with E-state index in [1.165, 1.54) is 0 Å². The molecule has 0 fully saturated rings. The molecule has 0 saturated carbocycles. The first-order valence-electron chi connectivity index (χ1n) is 18.5. The van der Waals surface area contributed by atoms with Gasteiger partial charge in [-0.15, -0.1) is 0 Å². The lowest BCUT2D eigenvalue weighted by molar-refractivity contribution is 0.0636. The summed E-state index contributed by atoms with van der Waals surface area (Å²) in [4.78, 5) is 29.5. The molecular formula is C45H50N6O4. The van der Waals surface area contributed by atoms with E-state index in [1.54, 1.807) is 0 Å². The maximum Gasteiger partial charge on any atom is 0.254 e. The monoisotopic (exact) mass is 738 g/mol. The van der Waals surface area contributed by atoms with Gasteiger partial charge in [-0.3, -0.25) is 19.0 Å². The standard InChI is InChI=1S/2C22H23N3O2.CH4/c1-16-8-10-18(11-9-16)22(26)24-12-13-25-19(15-24)14-21(23-25)17(2)27-20-6-4-3-5-7-20;1-16-8-10-18(11-9-16)22(26)24-12-13-25-21(17(24)2)14-19(23-25)15-27-20-6-4-3-5-7-20;/h2*3-11,14,17H,12-13,15H2,1-2H3;1H4. The van der Waals surface area contributed by atoms with Gasteiger partial charge in [0.05, 0.1) is 37.1 Å². The van der Waals surface area contributed by atoms with Gasteiger partial charge < -0.3 is 19.3 Å². The number of fused-ring (bicyclic) bond motifs is 2. The highest BCUT2D eigenvalue weighted by atomic mass is 16.5. The highest BCUT2D eigenvalue weighted by Gasteiger charge is 2.30. The molecule has 2 atom stereocenters. The predicted molar refractivity (Wildman–Crippen MR) is 214 cm³/mol. The van der Waals surface area contributed by atoms with Crippen molar-refractivity contribution in [3.8, 4) is 11.5 Å². The molecule has 0 spiro atoms. The van der Waals surface area contributed by atoms with Crippen LogP contribution in [-0.4, -0.2) is 54.3 Å². The average molecular weight is 739 g/mol. The Morgan fingerprint density at radius 2 is 1.29 bits per heavy atom. The van der Waals surface area contributed by atoms with Crippen LogP contribution in [0.15, 0.2) is 121 Å². The molecule has 0 N–H and O–H groups in total. The largest absolute Gasteiger partial charge is 0.487 e. The highest BCUT2D eigenvalue weighted by molar-refractivity contribution is 5.95. The lowest BCUT2D eigenvalue weighted by atomic mass is 10.1. The van der Waals surface area contributed by atoms with Crippen LogP contribution in [0.2, 0.25) is 0 Å². The first-order valence-corrected chi connectivity index (χ1v) is 18.5. The van der Waals surface area contributed by atoms with Gasteiger partial charge in [0.15, 0.2) is 0 Å². The van der Waals surface area contributed by atoms with E-state index < -0.39 is 0 Å². The van der Waals surface area contributed by atoms with Gasteiger partial charge in [0.25, 0.3) is 11.8 Å². The van der Waals surface area contributed by atoms with E-state index in [-0.39, 0.29) is 31.4 Å². The third kappa shape index (κ3) is 9.15.